The lowest BCUT2D eigenvalue weighted by atomic mass is 9.97. The quantitative estimate of drug-likeness (QED) is 0.658. The van der Waals surface area contributed by atoms with Crippen LogP contribution < -0.4 is 5.32 Å². The third-order valence-corrected chi connectivity index (χ3v) is 5.41. The van der Waals surface area contributed by atoms with Crippen molar-refractivity contribution in [1.82, 2.24) is 5.32 Å². The SMILES string of the molecule is C[C@@H](NC1CCC(c2c[c]ccc2)C1)c1cccc2ccccc12. The molecule has 1 saturated carbocycles. The molecule has 1 aliphatic carbocycles. The number of nitrogens with one attached hydrogen (secondary N) is 1. The molecule has 1 N–H and O–H groups in total. The van der Waals surface area contributed by atoms with Gasteiger partial charge in [-0.05, 0) is 60.1 Å². The summed E-state index contributed by atoms with van der Waals surface area (Å²) in [5.41, 5.74) is 2.85. The standard InChI is InChI=1S/C23H24N/c1-17(22-13-7-11-19-10-5-6-12-23(19)22)24-21-15-14-20(16-21)18-8-3-2-4-9-18/h2-3,5-13,17,20-21,24H,14-16H2,1H3/t17-,20?,21?/m1/s1. The van der Waals surface area contributed by atoms with Crippen LogP contribution in [0.2, 0.25) is 0 Å². The summed E-state index contributed by atoms with van der Waals surface area (Å²) in [4.78, 5) is 0. The summed E-state index contributed by atoms with van der Waals surface area (Å²) >= 11 is 0. The number of rotatable bonds is 4. The van der Waals surface area contributed by atoms with Crippen LogP contribution in [0.5, 0.6) is 0 Å². The van der Waals surface area contributed by atoms with E-state index in [1.165, 1.54) is 41.2 Å². The maximum absolute atomic E-state index is 3.88. The van der Waals surface area contributed by atoms with E-state index in [1.54, 1.807) is 0 Å². The molecule has 4 rings (SSSR count). The van der Waals surface area contributed by atoms with Gasteiger partial charge in [-0.2, -0.15) is 0 Å². The van der Waals surface area contributed by atoms with E-state index in [9.17, 15) is 0 Å². The zero-order chi connectivity index (χ0) is 16.4. The molecule has 3 aromatic carbocycles. The summed E-state index contributed by atoms with van der Waals surface area (Å²) in [6.45, 7) is 2.30. The summed E-state index contributed by atoms with van der Waals surface area (Å²) in [6.07, 6.45) is 3.76. The van der Waals surface area contributed by atoms with Gasteiger partial charge in [-0.25, -0.2) is 0 Å². The molecule has 1 fully saturated rings. The summed E-state index contributed by atoms with van der Waals surface area (Å²) in [5, 5.41) is 6.57. The van der Waals surface area contributed by atoms with Crippen LogP contribution in [-0.2, 0) is 0 Å². The molecule has 2 unspecified atom stereocenters. The largest absolute Gasteiger partial charge is 0.307 e. The number of hydrogen-bond acceptors (Lipinski definition) is 1. The first-order chi connectivity index (χ1) is 11.8. The smallest absolute Gasteiger partial charge is 0.0300 e. The predicted molar refractivity (Wildman–Crippen MR) is 101 cm³/mol. The first-order valence-corrected chi connectivity index (χ1v) is 9.01. The molecule has 0 aromatic heterocycles. The Bertz CT molecular complexity index is 803. The van der Waals surface area contributed by atoms with Crippen molar-refractivity contribution in [2.45, 2.75) is 44.2 Å². The molecule has 24 heavy (non-hydrogen) atoms. The molecule has 1 heteroatoms. The Labute approximate surface area is 144 Å². The van der Waals surface area contributed by atoms with Crippen molar-refractivity contribution in [3.05, 3.63) is 83.9 Å². The molecule has 0 heterocycles. The van der Waals surface area contributed by atoms with E-state index in [1.807, 2.05) is 6.07 Å². The maximum atomic E-state index is 3.88. The molecular weight excluding hydrogens is 290 g/mol. The topological polar surface area (TPSA) is 12.0 Å². The second kappa shape index (κ2) is 6.78. The van der Waals surface area contributed by atoms with Crippen molar-refractivity contribution in [1.29, 1.82) is 0 Å². The summed E-state index contributed by atoms with van der Waals surface area (Å²) in [5.74, 6) is 0.680. The Hall–Kier alpha value is -2.12. The second-order valence-corrected chi connectivity index (χ2v) is 7.00. The molecule has 3 aromatic rings. The molecule has 0 saturated heterocycles. The van der Waals surface area contributed by atoms with Crippen LogP contribution in [0, 0.1) is 6.07 Å². The highest BCUT2D eigenvalue weighted by Gasteiger charge is 2.27. The van der Waals surface area contributed by atoms with Gasteiger partial charge in [0, 0.05) is 12.1 Å². The van der Waals surface area contributed by atoms with Gasteiger partial charge in [0.15, 0.2) is 0 Å². The zero-order valence-electron chi connectivity index (χ0n) is 14.2. The lowest BCUT2D eigenvalue weighted by Crippen LogP contribution is -2.29. The lowest BCUT2D eigenvalue weighted by molar-refractivity contribution is 0.459. The highest BCUT2D eigenvalue weighted by Crippen LogP contribution is 2.35. The zero-order valence-corrected chi connectivity index (χ0v) is 14.2. The van der Waals surface area contributed by atoms with Crippen molar-refractivity contribution in [3.8, 4) is 0 Å². The molecule has 1 radical (unpaired) electrons. The average Bonchev–Trinajstić information content (AvgIpc) is 3.10. The van der Waals surface area contributed by atoms with Crippen molar-refractivity contribution in [2.24, 2.45) is 0 Å². The fourth-order valence-corrected chi connectivity index (χ4v) is 4.17. The summed E-state index contributed by atoms with van der Waals surface area (Å²) in [7, 11) is 0. The first kappa shape index (κ1) is 15.4. The highest BCUT2D eigenvalue weighted by molar-refractivity contribution is 5.86. The number of hydrogen-bond donors (Lipinski definition) is 1. The number of benzene rings is 3. The summed E-state index contributed by atoms with van der Waals surface area (Å²) in [6, 6.07) is 28.0. The van der Waals surface area contributed by atoms with E-state index in [0.717, 1.165) is 0 Å². The fraction of sp³-hybridized carbons (Fsp3) is 0.304. The predicted octanol–water partition coefficient (Wildman–Crippen LogP) is 5.63. The Morgan fingerprint density at radius 2 is 1.88 bits per heavy atom. The van der Waals surface area contributed by atoms with E-state index >= 15 is 0 Å². The monoisotopic (exact) mass is 314 g/mol. The Morgan fingerprint density at radius 3 is 2.75 bits per heavy atom. The fourth-order valence-electron chi connectivity index (χ4n) is 4.17. The van der Waals surface area contributed by atoms with Gasteiger partial charge in [-0.1, -0.05) is 66.7 Å². The Morgan fingerprint density at radius 1 is 1.00 bits per heavy atom. The first-order valence-electron chi connectivity index (χ1n) is 9.01. The van der Waals surface area contributed by atoms with Gasteiger partial charge >= 0.3 is 0 Å². The normalized spacial score (nSPS) is 21.9. The lowest BCUT2D eigenvalue weighted by Gasteiger charge is -2.21. The van der Waals surface area contributed by atoms with Crippen LogP contribution in [0.1, 0.15) is 49.3 Å². The number of fused-ring (bicyclic) bond motifs is 1. The van der Waals surface area contributed by atoms with Crippen LogP contribution in [0.3, 0.4) is 0 Å². The molecule has 0 aliphatic heterocycles. The van der Waals surface area contributed by atoms with E-state index in [4.69, 9.17) is 0 Å². The third kappa shape index (κ3) is 3.09. The van der Waals surface area contributed by atoms with Crippen LogP contribution >= 0.6 is 0 Å². The second-order valence-electron chi connectivity index (χ2n) is 7.00. The van der Waals surface area contributed by atoms with Gasteiger partial charge in [0.2, 0.25) is 0 Å². The highest BCUT2D eigenvalue weighted by atomic mass is 14.9. The Kier molecular flexibility index (Phi) is 4.36. The van der Waals surface area contributed by atoms with Crippen LogP contribution in [0.4, 0.5) is 0 Å². The van der Waals surface area contributed by atoms with Crippen LogP contribution in [0.15, 0.2) is 66.7 Å². The molecule has 1 nitrogen and oxygen atoms in total. The average molecular weight is 314 g/mol. The van der Waals surface area contributed by atoms with Crippen LogP contribution in [-0.4, -0.2) is 6.04 Å². The van der Waals surface area contributed by atoms with Crippen molar-refractivity contribution >= 4 is 10.8 Å². The van der Waals surface area contributed by atoms with Gasteiger partial charge < -0.3 is 5.32 Å². The van der Waals surface area contributed by atoms with E-state index in [0.29, 0.717) is 18.0 Å². The molecule has 1 aliphatic rings. The molecular formula is C23H24N. The molecule has 121 valence electrons. The van der Waals surface area contributed by atoms with E-state index < -0.39 is 0 Å². The van der Waals surface area contributed by atoms with Crippen LogP contribution in [0.25, 0.3) is 10.8 Å². The van der Waals surface area contributed by atoms with Crippen molar-refractivity contribution in [2.75, 3.05) is 0 Å². The molecule has 0 spiro atoms. The Balaban J connectivity index is 1.48. The maximum Gasteiger partial charge on any atom is 0.0300 e. The minimum atomic E-state index is 0.377. The molecule has 0 amide bonds. The van der Waals surface area contributed by atoms with Crippen molar-refractivity contribution in [3.63, 3.8) is 0 Å². The van der Waals surface area contributed by atoms with E-state index in [-0.39, 0.29) is 0 Å². The minimum Gasteiger partial charge on any atom is -0.307 e. The summed E-state index contributed by atoms with van der Waals surface area (Å²) < 4.78 is 0. The van der Waals surface area contributed by atoms with Gasteiger partial charge in [-0.15, -0.1) is 0 Å². The van der Waals surface area contributed by atoms with Gasteiger partial charge in [-0.3, -0.25) is 0 Å². The molecule has 0 bridgehead atoms. The van der Waals surface area contributed by atoms with Gasteiger partial charge in [0.1, 0.15) is 0 Å². The minimum absolute atomic E-state index is 0.377. The van der Waals surface area contributed by atoms with Gasteiger partial charge in [0.25, 0.3) is 0 Å². The van der Waals surface area contributed by atoms with Gasteiger partial charge in [0.05, 0.1) is 0 Å². The van der Waals surface area contributed by atoms with E-state index in [2.05, 4.69) is 79.0 Å². The third-order valence-electron chi connectivity index (χ3n) is 5.41. The molecule has 3 atom stereocenters. The van der Waals surface area contributed by atoms with Crippen molar-refractivity contribution < 1.29 is 0 Å².